The van der Waals surface area contributed by atoms with Gasteiger partial charge in [0.05, 0.1) is 20.6 Å². The summed E-state index contributed by atoms with van der Waals surface area (Å²) in [5, 5.41) is 0. The molecule has 1 unspecified atom stereocenters. The summed E-state index contributed by atoms with van der Waals surface area (Å²) in [7, 11) is -0.463. The van der Waals surface area contributed by atoms with E-state index < -0.39 is 34.6 Å². The van der Waals surface area contributed by atoms with Crippen LogP contribution in [0.3, 0.4) is 0 Å². The van der Waals surface area contributed by atoms with Crippen LogP contribution >= 0.6 is 0 Å². The average Bonchev–Trinajstić information content (AvgIpc) is 2.26. The van der Waals surface area contributed by atoms with E-state index in [2.05, 4.69) is 9.47 Å². The third-order valence-electron chi connectivity index (χ3n) is 1.65. The minimum atomic E-state index is -3.84. The molecule has 9 heteroatoms. The Kier molecular flexibility index (Phi) is 5.93. The highest BCUT2D eigenvalue weighted by Gasteiger charge is 2.27. The van der Waals surface area contributed by atoms with Gasteiger partial charge in [-0.05, 0) is 0 Å². The van der Waals surface area contributed by atoms with Gasteiger partial charge in [-0.15, -0.1) is 0 Å². The predicted octanol–water partition coefficient (Wildman–Crippen LogP) is -1.86. The molecule has 2 N–H and O–H groups in total. The van der Waals surface area contributed by atoms with Gasteiger partial charge in [-0.2, -0.15) is 13.1 Å². The molecule has 94 valence electrons. The highest BCUT2D eigenvalue weighted by atomic mass is 32.2. The van der Waals surface area contributed by atoms with E-state index in [0.29, 0.717) is 0 Å². The van der Waals surface area contributed by atoms with Crippen molar-refractivity contribution in [3.05, 3.63) is 0 Å². The van der Waals surface area contributed by atoms with Crippen LogP contribution < -0.4 is 9.44 Å². The van der Waals surface area contributed by atoms with Crippen LogP contribution in [0.2, 0.25) is 0 Å². The first-order valence-electron chi connectivity index (χ1n) is 4.21. The van der Waals surface area contributed by atoms with Crippen LogP contribution in [-0.2, 0) is 29.3 Å². The standard InChI is InChI=1S/C7H14N2O6S/c1-8-16(12,13)9-5(7(11)15-3)4-6(10)14-2/h5,8-9H,4H2,1-3H3. The summed E-state index contributed by atoms with van der Waals surface area (Å²) in [6.45, 7) is 0. The van der Waals surface area contributed by atoms with Crippen molar-refractivity contribution >= 4 is 22.1 Å². The largest absolute Gasteiger partial charge is 0.469 e. The summed E-state index contributed by atoms with van der Waals surface area (Å²) in [5.41, 5.74) is 0. The van der Waals surface area contributed by atoms with E-state index in [9.17, 15) is 18.0 Å². The molecule has 1 atom stereocenters. The van der Waals surface area contributed by atoms with Crippen LogP contribution in [0, 0.1) is 0 Å². The van der Waals surface area contributed by atoms with E-state index in [1.54, 1.807) is 0 Å². The first kappa shape index (κ1) is 14.8. The molecule has 0 aromatic carbocycles. The smallest absolute Gasteiger partial charge is 0.324 e. The second-order valence-corrected chi connectivity index (χ2v) is 4.33. The Balaban J connectivity index is 4.69. The van der Waals surface area contributed by atoms with Gasteiger partial charge >= 0.3 is 11.9 Å². The van der Waals surface area contributed by atoms with Crippen molar-refractivity contribution < 1.29 is 27.5 Å². The molecule has 0 saturated carbocycles. The van der Waals surface area contributed by atoms with Crippen molar-refractivity contribution in [2.24, 2.45) is 0 Å². The molecule has 0 amide bonds. The van der Waals surface area contributed by atoms with E-state index in [1.807, 2.05) is 9.44 Å². The Labute approximate surface area is 93.5 Å². The molecule has 0 radical (unpaired) electrons. The molecule has 8 nitrogen and oxygen atoms in total. The molecular weight excluding hydrogens is 240 g/mol. The molecule has 0 aliphatic heterocycles. The zero-order valence-electron chi connectivity index (χ0n) is 9.14. The maximum Gasteiger partial charge on any atom is 0.324 e. The fourth-order valence-corrected chi connectivity index (χ4v) is 1.48. The Morgan fingerprint density at radius 2 is 1.81 bits per heavy atom. The van der Waals surface area contributed by atoms with Crippen LogP contribution in [0.5, 0.6) is 0 Å². The lowest BCUT2D eigenvalue weighted by molar-refractivity contribution is -0.149. The van der Waals surface area contributed by atoms with Crippen molar-refractivity contribution in [2.45, 2.75) is 12.5 Å². The van der Waals surface area contributed by atoms with Crippen LogP contribution in [0.4, 0.5) is 0 Å². The molecule has 0 saturated heterocycles. The molecule has 0 aliphatic carbocycles. The van der Waals surface area contributed by atoms with Gasteiger partial charge in [0.15, 0.2) is 0 Å². The average molecular weight is 254 g/mol. The number of carbonyl (C=O) groups is 2. The molecule has 0 aliphatic rings. The van der Waals surface area contributed by atoms with E-state index in [4.69, 9.17) is 0 Å². The van der Waals surface area contributed by atoms with Crippen LogP contribution in [0.15, 0.2) is 0 Å². The lowest BCUT2D eigenvalue weighted by atomic mass is 10.2. The number of rotatable bonds is 6. The summed E-state index contributed by atoms with van der Waals surface area (Å²) in [5.74, 6) is -1.60. The molecule has 0 bridgehead atoms. The van der Waals surface area contributed by atoms with Crippen molar-refractivity contribution in [1.29, 1.82) is 0 Å². The highest BCUT2D eigenvalue weighted by Crippen LogP contribution is 1.98. The van der Waals surface area contributed by atoms with Crippen molar-refractivity contribution in [2.75, 3.05) is 21.3 Å². The quantitative estimate of drug-likeness (QED) is 0.538. The lowest BCUT2D eigenvalue weighted by Crippen LogP contribution is -2.46. The number of hydrogen-bond acceptors (Lipinski definition) is 6. The van der Waals surface area contributed by atoms with Crippen LogP contribution in [0.1, 0.15) is 6.42 Å². The molecule has 0 rings (SSSR count). The lowest BCUT2D eigenvalue weighted by Gasteiger charge is -2.14. The number of carbonyl (C=O) groups excluding carboxylic acids is 2. The molecule has 0 aromatic rings. The Bertz CT molecular complexity index is 352. The second kappa shape index (κ2) is 6.40. The monoisotopic (exact) mass is 254 g/mol. The first-order chi connectivity index (χ1) is 7.36. The number of esters is 2. The Morgan fingerprint density at radius 1 is 1.25 bits per heavy atom. The number of ether oxygens (including phenoxy) is 2. The van der Waals surface area contributed by atoms with Crippen LogP contribution in [-0.4, -0.2) is 47.7 Å². The fourth-order valence-electron chi connectivity index (χ4n) is 0.812. The van der Waals surface area contributed by atoms with Crippen molar-refractivity contribution in [1.82, 2.24) is 9.44 Å². The molecule has 0 fully saturated rings. The second-order valence-electron chi connectivity index (χ2n) is 2.68. The van der Waals surface area contributed by atoms with Crippen molar-refractivity contribution in [3.8, 4) is 0 Å². The summed E-state index contributed by atoms with van der Waals surface area (Å²) < 4.78 is 34.8. The summed E-state index contributed by atoms with van der Waals surface area (Å²) in [4.78, 5) is 22.1. The Hall–Kier alpha value is -1.19. The van der Waals surface area contributed by atoms with Gasteiger partial charge in [0.25, 0.3) is 10.2 Å². The maximum absolute atomic E-state index is 11.2. The van der Waals surface area contributed by atoms with E-state index in [0.717, 1.165) is 21.3 Å². The SMILES string of the molecule is CNS(=O)(=O)NC(CC(=O)OC)C(=O)OC. The summed E-state index contributed by atoms with van der Waals surface area (Å²) in [6.07, 6.45) is -0.440. The topological polar surface area (TPSA) is 111 Å². The minimum Gasteiger partial charge on any atom is -0.469 e. The van der Waals surface area contributed by atoms with Gasteiger partial charge in [0.1, 0.15) is 6.04 Å². The predicted molar refractivity (Wildman–Crippen MR) is 53.6 cm³/mol. The third-order valence-corrected chi connectivity index (χ3v) is 2.78. The van der Waals surface area contributed by atoms with Gasteiger partial charge in [-0.25, -0.2) is 4.72 Å². The third kappa shape index (κ3) is 5.05. The molecule has 0 aromatic heterocycles. The normalized spacial score (nSPS) is 12.9. The summed E-state index contributed by atoms with van der Waals surface area (Å²) in [6, 6.07) is -1.31. The highest BCUT2D eigenvalue weighted by molar-refractivity contribution is 7.87. The van der Waals surface area contributed by atoms with E-state index in [-0.39, 0.29) is 0 Å². The van der Waals surface area contributed by atoms with Crippen LogP contribution in [0.25, 0.3) is 0 Å². The van der Waals surface area contributed by atoms with Crippen molar-refractivity contribution in [3.63, 3.8) is 0 Å². The van der Waals surface area contributed by atoms with Gasteiger partial charge in [0.2, 0.25) is 0 Å². The zero-order chi connectivity index (χ0) is 12.8. The number of nitrogens with one attached hydrogen (secondary N) is 2. The molecule has 16 heavy (non-hydrogen) atoms. The first-order valence-corrected chi connectivity index (χ1v) is 5.70. The molecular formula is C7H14N2O6S. The zero-order valence-corrected chi connectivity index (χ0v) is 9.96. The van der Waals surface area contributed by atoms with E-state index >= 15 is 0 Å². The number of hydrogen-bond donors (Lipinski definition) is 2. The van der Waals surface area contributed by atoms with Gasteiger partial charge in [-0.1, -0.05) is 0 Å². The molecule has 0 heterocycles. The Morgan fingerprint density at radius 3 is 2.19 bits per heavy atom. The van der Waals surface area contributed by atoms with Gasteiger partial charge in [-0.3, -0.25) is 9.59 Å². The number of methoxy groups -OCH3 is 2. The van der Waals surface area contributed by atoms with E-state index in [1.165, 1.54) is 0 Å². The van der Waals surface area contributed by atoms with Gasteiger partial charge in [0, 0.05) is 7.05 Å². The maximum atomic E-state index is 11.2. The molecule has 0 spiro atoms. The fraction of sp³-hybridized carbons (Fsp3) is 0.714. The minimum absolute atomic E-state index is 0.440. The summed E-state index contributed by atoms with van der Waals surface area (Å²) >= 11 is 0. The van der Waals surface area contributed by atoms with Gasteiger partial charge < -0.3 is 9.47 Å².